The lowest BCUT2D eigenvalue weighted by atomic mass is 10.1. The van der Waals surface area contributed by atoms with Crippen LogP contribution in [0.15, 0.2) is 82.0 Å². The Labute approximate surface area is 194 Å². The molecule has 2 aromatic carbocycles. The van der Waals surface area contributed by atoms with Crippen LogP contribution < -0.4 is 5.32 Å². The molecule has 2 aromatic heterocycles. The van der Waals surface area contributed by atoms with E-state index in [0.717, 1.165) is 10.0 Å². The molecule has 0 saturated heterocycles. The van der Waals surface area contributed by atoms with Crippen LogP contribution in [-0.2, 0) is 9.53 Å². The zero-order valence-electron chi connectivity index (χ0n) is 16.0. The number of ether oxygens (including phenoxy) is 1. The number of hydrogen-bond donors (Lipinski definition) is 1. The van der Waals surface area contributed by atoms with E-state index in [0.29, 0.717) is 32.3 Å². The Morgan fingerprint density at radius 2 is 1.84 bits per heavy atom. The molecule has 8 heteroatoms. The van der Waals surface area contributed by atoms with E-state index in [1.807, 2.05) is 30.3 Å². The summed E-state index contributed by atoms with van der Waals surface area (Å²) in [7, 11) is 0. The molecule has 0 atom stereocenters. The van der Waals surface area contributed by atoms with E-state index >= 15 is 0 Å². The van der Waals surface area contributed by atoms with Crippen molar-refractivity contribution < 1.29 is 14.3 Å². The molecular weight excluding hydrogens is 526 g/mol. The highest BCUT2D eigenvalue weighted by molar-refractivity contribution is 9.11. The molecular formula is C23H15Br2N3O3. The molecule has 0 fully saturated rings. The molecule has 0 radical (unpaired) electrons. The van der Waals surface area contributed by atoms with E-state index < -0.39 is 18.5 Å². The first-order valence-electron chi connectivity index (χ1n) is 9.23. The fourth-order valence-corrected chi connectivity index (χ4v) is 4.14. The van der Waals surface area contributed by atoms with Crippen molar-refractivity contribution in [1.82, 2.24) is 9.97 Å². The van der Waals surface area contributed by atoms with E-state index in [-0.39, 0.29) is 0 Å². The summed E-state index contributed by atoms with van der Waals surface area (Å²) >= 11 is 6.74. The van der Waals surface area contributed by atoms with Crippen molar-refractivity contribution >= 4 is 60.3 Å². The van der Waals surface area contributed by atoms with Crippen molar-refractivity contribution in [3.8, 4) is 11.3 Å². The molecule has 0 aliphatic heterocycles. The van der Waals surface area contributed by atoms with Crippen LogP contribution in [-0.4, -0.2) is 28.5 Å². The number of rotatable bonds is 5. The summed E-state index contributed by atoms with van der Waals surface area (Å²) in [5.74, 6) is -1.05. The van der Waals surface area contributed by atoms with Crippen LogP contribution in [0.25, 0.3) is 22.2 Å². The van der Waals surface area contributed by atoms with E-state index in [1.165, 1.54) is 0 Å². The number of anilines is 1. The fourth-order valence-electron chi connectivity index (χ4n) is 2.99. The van der Waals surface area contributed by atoms with E-state index in [2.05, 4.69) is 47.1 Å². The third-order valence-corrected chi connectivity index (χ3v) is 5.58. The normalized spacial score (nSPS) is 10.6. The Hall–Kier alpha value is -3.10. The maximum atomic E-state index is 12.8. The molecule has 0 aliphatic rings. The molecule has 1 amide bonds. The zero-order chi connectivity index (χ0) is 21.8. The van der Waals surface area contributed by atoms with Crippen molar-refractivity contribution in [3.05, 3.63) is 87.6 Å². The third kappa shape index (κ3) is 4.98. The van der Waals surface area contributed by atoms with Gasteiger partial charge in [0.05, 0.1) is 22.5 Å². The molecule has 0 spiro atoms. The van der Waals surface area contributed by atoms with Crippen molar-refractivity contribution in [2.75, 3.05) is 11.9 Å². The Morgan fingerprint density at radius 3 is 2.61 bits per heavy atom. The summed E-state index contributed by atoms with van der Waals surface area (Å²) in [5, 5.41) is 3.36. The first kappa shape index (κ1) is 21.1. The van der Waals surface area contributed by atoms with Gasteiger partial charge in [-0.3, -0.25) is 9.78 Å². The van der Waals surface area contributed by atoms with Crippen molar-refractivity contribution in [1.29, 1.82) is 0 Å². The predicted molar refractivity (Wildman–Crippen MR) is 126 cm³/mol. The number of benzene rings is 2. The maximum Gasteiger partial charge on any atom is 0.339 e. The van der Waals surface area contributed by atoms with Crippen LogP contribution in [0.2, 0.25) is 0 Å². The number of para-hydroxylation sites is 1. The maximum absolute atomic E-state index is 12.8. The monoisotopic (exact) mass is 539 g/mol. The lowest BCUT2D eigenvalue weighted by Gasteiger charge is -2.11. The minimum atomic E-state index is -0.603. The molecule has 154 valence electrons. The van der Waals surface area contributed by atoms with E-state index in [9.17, 15) is 9.59 Å². The van der Waals surface area contributed by atoms with Crippen LogP contribution in [0.5, 0.6) is 0 Å². The molecule has 0 aliphatic carbocycles. The highest BCUT2D eigenvalue weighted by atomic mass is 79.9. The molecule has 4 aromatic rings. The Kier molecular flexibility index (Phi) is 6.39. The van der Waals surface area contributed by atoms with Crippen molar-refractivity contribution in [2.24, 2.45) is 0 Å². The van der Waals surface area contributed by atoms with Gasteiger partial charge in [-0.1, -0.05) is 34.1 Å². The first-order chi connectivity index (χ1) is 15.0. The second-order valence-electron chi connectivity index (χ2n) is 6.56. The zero-order valence-corrected chi connectivity index (χ0v) is 19.2. The molecule has 2 heterocycles. The lowest BCUT2D eigenvalue weighted by molar-refractivity contribution is -0.119. The summed E-state index contributed by atoms with van der Waals surface area (Å²) in [6, 6.07) is 18.0. The van der Waals surface area contributed by atoms with Gasteiger partial charge in [-0.25, -0.2) is 9.78 Å². The number of carbonyl (C=O) groups is 2. The first-order valence-corrected chi connectivity index (χ1v) is 10.8. The summed E-state index contributed by atoms with van der Waals surface area (Å²) in [6.07, 6.45) is 3.35. The number of fused-ring (bicyclic) bond motifs is 1. The lowest BCUT2D eigenvalue weighted by Crippen LogP contribution is -2.21. The Morgan fingerprint density at radius 1 is 1.00 bits per heavy atom. The summed E-state index contributed by atoms with van der Waals surface area (Å²) < 4.78 is 6.89. The predicted octanol–water partition coefficient (Wildman–Crippen LogP) is 5.62. The van der Waals surface area contributed by atoms with Crippen molar-refractivity contribution in [2.45, 2.75) is 0 Å². The number of amides is 1. The van der Waals surface area contributed by atoms with Gasteiger partial charge < -0.3 is 10.1 Å². The minimum absolute atomic E-state index is 0.335. The number of hydrogen-bond acceptors (Lipinski definition) is 5. The summed E-state index contributed by atoms with van der Waals surface area (Å²) in [4.78, 5) is 33.9. The van der Waals surface area contributed by atoms with Crippen LogP contribution in [0.3, 0.4) is 0 Å². The van der Waals surface area contributed by atoms with Gasteiger partial charge in [-0.2, -0.15) is 0 Å². The van der Waals surface area contributed by atoms with Crippen LogP contribution in [0, 0.1) is 0 Å². The SMILES string of the molecule is O=C(COC(=O)c1cc(-c2cccnc2)nc2ccccc12)Nc1ccc(Br)cc1Br. The number of pyridine rings is 2. The molecule has 31 heavy (non-hydrogen) atoms. The van der Waals surface area contributed by atoms with Gasteiger partial charge in [0.2, 0.25) is 0 Å². The molecule has 1 N–H and O–H groups in total. The summed E-state index contributed by atoms with van der Waals surface area (Å²) in [5.41, 5.74) is 2.95. The second-order valence-corrected chi connectivity index (χ2v) is 8.33. The number of nitrogens with zero attached hydrogens (tertiary/aromatic N) is 2. The average molecular weight is 541 g/mol. The molecule has 6 nitrogen and oxygen atoms in total. The number of esters is 1. The quantitative estimate of drug-likeness (QED) is 0.332. The largest absolute Gasteiger partial charge is 0.452 e. The molecule has 0 bridgehead atoms. The average Bonchev–Trinajstić information content (AvgIpc) is 2.79. The molecule has 4 rings (SSSR count). The van der Waals surface area contributed by atoms with Gasteiger partial charge >= 0.3 is 5.97 Å². The van der Waals surface area contributed by atoms with Gasteiger partial charge in [-0.05, 0) is 58.4 Å². The third-order valence-electron chi connectivity index (χ3n) is 4.43. The van der Waals surface area contributed by atoms with Gasteiger partial charge in [0.15, 0.2) is 6.61 Å². The second kappa shape index (κ2) is 9.36. The number of nitrogens with one attached hydrogen (secondary N) is 1. The van der Waals surface area contributed by atoms with E-state index in [4.69, 9.17) is 4.74 Å². The van der Waals surface area contributed by atoms with Gasteiger partial charge in [0.25, 0.3) is 5.91 Å². The number of carbonyl (C=O) groups excluding carboxylic acids is 2. The van der Waals surface area contributed by atoms with Crippen LogP contribution in [0.4, 0.5) is 5.69 Å². The summed E-state index contributed by atoms with van der Waals surface area (Å²) in [6.45, 7) is -0.416. The Balaban J connectivity index is 1.55. The molecule has 0 unspecified atom stereocenters. The van der Waals surface area contributed by atoms with Gasteiger partial charge in [0.1, 0.15) is 0 Å². The van der Waals surface area contributed by atoms with Gasteiger partial charge in [0, 0.05) is 32.3 Å². The smallest absolute Gasteiger partial charge is 0.339 e. The van der Waals surface area contributed by atoms with Crippen molar-refractivity contribution in [3.63, 3.8) is 0 Å². The van der Waals surface area contributed by atoms with E-state index in [1.54, 1.807) is 42.7 Å². The van der Waals surface area contributed by atoms with Crippen LogP contribution in [0.1, 0.15) is 10.4 Å². The standard InChI is InChI=1S/C23H15Br2N3O3/c24-15-7-8-20(18(25)10-15)28-22(29)13-31-23(30)17-11-21(14-4-3-9-26-12-14)27-19-6-2-1-5-16(17)19/h1-12H,13H2,(H,28,29). The topological polar surface area (TPSA) is 81.2 Å². The molecule has 0 saturated carbocycles. The fraction of sp³-hybridized carbons (Fsp3) is 0.0435. The number of aromatic nitrogens is 2. The number of halogens is 2. The highest BCUT2D eigenvalue weighted by Gasteiger charge is 2.17. The highest BCUT2D eigenvalue weighted by Crippen LogP contribution is 2.27. The Bertz CT molecular complexity index is 1280. The van der Waals surface area contributed by atoms with Crippen LogP contribution >= 0.6 is 31.9 Å². The van der Waals surface area contributed by atoms with Gasteiger partial charge in [-0.15, -0.1) is 0 Å². The minimum Gasteiger partial charge on any atom is -0.452 e.